The molecule has 0 aromatic heterocycles. The third-order valence-electron chi connectivity index (χ3n) is 2.41. The number of hydrogen-bond donors (Lipinski definition) is 0. The van der Waals surface area contributed by atoms with Crippen molar-refractivity contribution in [2.45, 2.75) is 12.8 Å². The summed E-state index contributed by atoms with van der Waals surface area (Å²) >= 11 is 0. The van der Waals surface area contributed by atoms with Crippen molar-refractivity contribution in [3.8, 4) is 5.75 Å². The number of methoxy groups -OCH3 is 1. The molecule has 0 fully saturated rings. The van der Waals surface area contributed by atoms with Gasteiger partial charge in [-0.25, -0.2) is 0 Å². The second-order valence-electron chi connectivity index (χ2n) is 3.34. The molecule has 0 bridgehead atoms. The highest BCUT2D eigenvalue weighted by molar-refractivity contribution is 5.78. The fourth-order valence-corrected chi connectivity index (χ4v) is 1.70. The van der Waals surface area contributed by atoms with Crippen LogP contribution in [0.2, 0.25) is 0 Å². The lowest BCUT2D eigenvalue weighted by Gasteiger charge is -2.11. The maximum Gasteiger partial charge on any atom is 0.126 e. The number of rotatable bonds is 2. The summed E-state index contributed by atoms with van der Waals surface area (Å²) in [5.41, 5.74) is 2.46. The Bertz CT molecular complexity index is 375. The van der Waals surface area contributed by atoms with E-state index in [4.69, 9.17) is 4.74 Å². The molecule has 1 aromatic carbocycles. The lowest BCUT2D eigenvalue weighted by atomic mass is 9.99. The first-order valence-electron chi connectivity index (χ1n) is 4.92. The van der Waals surface area contributed by atoms with Gasteiger partial charge in [0.1, 0.15) is 5.75 Å². The van der Waals surface area contributed by atoms with Gasteiger partial charge in [0.2, 0.25) is 0 Å². The van der Waals surface area contributed by atoms with Crippen LogP contribution >= 0.6 is 0 Å². The summed E-state index contributed by atoms with van der Waals surface area (Å²) in [5, 5.41) is 0. The van der Waals surface area contributed by atoms with E-state index in [0.717, 1.165) is 18.6 Å². The molecule has 0 saturated heterocycles. The van der Waals surface area contributed by atoms with Gasteiger partial charge < -0.3 is 4.74 Å². The number of allylic oxidation sites excluding steroid dienone is 4. The zero-order valence-electron chi connectivity index (χ0n) is 8.36. The van der Waals surface area contributed by atoms with E-state index in [2.05, 4.69) is 24.3 Å². The Morgan fingerprint density at radius 3 is 2.71 bits per heavy atom. The first kappa shape index (κ1) is 9.07. The largest absolute Gasteiger partial charge is 0.496 e. The van der Waals surface area contributed by atoms with E-state index < -0.39 is 0 Å². The highest BCUT2D eigenvalue weighted by Gasteiger charge is 2.06. The summed E-state index contributed by atoms with van der Waals surface area (Å²) in [4.78, 5) is 0. The molecule has 14 heavy (non-hydrogen) atoms. The van der Waals surface area contributed by atoms with E-state index in [-0.39, 0.29) is 0 Å². The Labute approximate surface area is 84.7 Å². The fraction of sp³-hybridized carbons (Fsp3) is 0.231. The molecule has 1 nitrogen and oxygen atoms in total. The summed E-state index contributed by atoms with van der Waals surface area (Å²) in [6.07, 6.45) is 8.92. The number of para-hydroxylation sites is 1. The molecule has 0 heterocycles. The van der Waals surface area contributed by atoms with E-state index in [0.29, 0.717) is 0 Å². The predicted molar refractivity (Wildman–Crippen MR) is 59.3 cm³/mol. The number of ether oxygens (including phenoxy) is 1. The molecular weight excluding hydrogens is 172 g/mol. The zero-order chi connectivity index (χ0) is 9.80. The Morgan fingerprint density at radius 1 is 1.14 bits per heavy atom. The summed E-state index contributed by atoms with van der Waals surface area (Å²) < 4.78 is 5.32. The van der Waals surface area contributed by atoms with Crippen molar-refractivity contribution in [3.05, 3.63) is 48.1 Å². The van der Waals surface area contributed by atoms with Crippen molar-refractivity contribution in [1.29, 1.82) is 0 Å². The van der Waals surface area contributed by atoms with Crippen LogP contribution < -0.4 is 4.74 Å². The van der Waals surface area contributed by atoms with Crippen molar-refractivity contribution in [2.24, 2.45) is 0 Å². The fourth-order valence-electron chi connectivity index (χ4n) is 1.70. The minimum absolute atomic E-state index is 0.949. The quantitative estimate of drug-likeness (QED) is 0.687. The van der Waals surface area contributed by atoms with Crippen LogP contribution in [-0.2, 0) is 0 Å². The highest BCUT2D eigenvalue weighted by Crippen LogP contribution is 2.28. The predicted octanol–water partition coefficient (Wildman–Crippen LogP) is 3.43. The van der Waals surface area contributed by atoms with Crippen LogP contribution in [-0.4, -0.2) is 7.11 Å². The smallest absolute Gasteiger partial charge is 0.126 e. The molecule has 0 amide bonds. The highest BCUT2D eigenvalue weighted by atomic mass is 16.5. The third kappa shape index (κ3) is 1.72. The first-order chi connectivity index (χ1) is 6.92. The van der Waals surface area contributed by atoms with Gasteiger partial charge in [-0.15, -0.1) is 0 Å². The van der Waals surface area contributed by atoms with Crippen molar-refractivity contribution in [3.63, 3.8) is 0 Å². The number of benzene rings is 1. The summed E-state index contributed by atoms with van der Waals surface area (Å²) in [6.45, 7) is 0. The van der Waals surface area contributed by atoms with Crippen LogP contribution in [0.1, 0.15) is 18.4 Å². The van der Waals surface area contributed by atoms with Crippen LogP contribution in [0.4, 0.5) is 0 Å². The molecule has 0 radical (unpaired) electrons. The number of hydrogen-bond acceptors (Lipinski definition) is 1. The van der Waals surface area contributed by atoms with Crippen LogP contribution in [0.3, 0.4) is 0 Å². The maximum absolute atomic E-state index is 5.32. The van der Waals surface area contributed by atoms with Crippen molar-refractivity contribution in [1.82, 2.24) is 0 Å². The SMILES string of the molecule is COc1ccccc1C1=CCCC=C1. The molecule has 0 atom stereocenters. The second kappa shape index (κ2) is 4.14. The molecule has 0 aliphatic heterocycles. The van der Waals surface area contributed by atoms with E-state index >= 15 is 0 Å². The Balaban J connectivity index is 2.40. The minimum Gasteiger partial charge on any atom is -0.496 e. The van der Waals surface area contributed by atoms with Crippen molar-refractivity contribution >= 4 is 5.57 Å². The molecule has 0 spiro atoms. The lowest BCUT2D eigenvalue weighted by Crippen LogP contribution is -1.91. The average molecular weight is 186 g/mol. The molecular formula is C13H14O. The first-order valence-corrected chi connectivity index (χ1v) is 4.92. The molecule has 1 aromatic rings. The Kier molecular flexibility index (Phi) is 2.68. The molecule has 72 valence electrons. The monoisotopic (exact) mass is 186 g/mol. The van der Waals surface area contributed by atoms with Gasteiger partial charge in [0.05, 0.1) is 7.11 Å². The van der Waals surface area contributed by atoms with Gasteiger partial charge >= 0.3 is 0 Å². The van der Waals surface area contributed by atoms with Gasteiger partial charge in [0.25, 0.3) is 0 Å². The topological polar surface area (TPSA) is 9.23 Å². The van der Waals surface area contributed by atoms with Gasteiger partial charge in [-0.3, -0.25) is 0 Å². The minimum atomic E-state index is 0.949. The van der Waals surface area contributed by atoms with Crippen LogP contribution in [0.25, 0.3) is 5.57 Å². The van der Waals surface area contributed by atoms with E-state index in [9.17, 15) is 0 Å². The molecule has 2 rings (SSSR count). The van der Waals surface area contributed by atoms with Crippen LogP contribution in [0, 0.1) is 0 Å². The van der Waals surface area contributed by atoms with Gasteiger partial charge in [-0.05, 0) is 24.5 Å². The van der Waals surface area contributed by atoms with E-state index in [1.807, 2.05) is 18.2 Å². The van der Waals surface area contributed by atoms with Crippen LogP contribution in [0.15, 0.2) is 42.5 Å². The molecule has 0 N–H and O–H groups in total. The molecule has 0 saturated carbocycles. The van der Waals surface area contributed by atoms with Crippen molar-refractivity contribution in [2.75, 3.05) is 7.11 Å². The average Bonchev–Trinajstić information content (AvgIpc) is 2.30. The molecule has 0 unspecified atom stereocenters. The van der Waals surface area contributed by atoms with Gasteiger partial charge in [-0.1, -0.05) is 36.4 Å². The molecule has 1 heteroatoms. The van der Waals surface area contributed by atoms with Gasteiger partial charge in [0, 0.05) is 5.56 Å². The van der Waals surface area contributed by atoms with E-state index in [1.165, 1.54) is 11.1 Å². The zero-order valence-corrected chi connectivity index (χ0v) is 8.36. The van der Waals surface area contributed by atoms with Gasteiger partial charge in [-0.2, -0.15) is 0 Å². The van der Waals surface area contributed by atoms with Crippen LogP contribution in [0.5, 0.6) is 5.75 Å². The Hall–Kier alpha value is -1.50. The van der Waals surface area contributed by atoms with Gasteiger partial charge in [0.15, 0.2) is 0 Å². The molecule has 1 aliphatic carbocycles. The summed E-state index contributed by atoms with van der Waals surface area (Å²) in [7, 11) is 1.71. The normalized spacial score (nSPS) is 15.1. The standard InChI is InChI=1S/C13H14O/c1-14-13-10-6-5-9-12(13)11-7-3-2-4-8-11/h3,5-10H,2,4H2,1H3. The second-order valence-corrected chi connectivity index (χ2v) is 3.34. The Morgan fingerprint density at radius 2 is 2.00 bits per heavy atom. The third-order valence-corrected chi connectivity index (χ3v) is 2.41. The maximum atomic E-state index is 5.32. The molecule has 1 aliphatic rings. The van der Waals surface area contributed by atoms with E-state index in [1.54, 1.807) is 7.11 Å². The lowest BCUT2D eigenvalue weighted by molar-refractivity contribution is 0.413. The van der Waals surface area contributed by atoms with Crippen molar-refractivity contribution < 1.29 is 4.74 Å². The summed E-state index contributed by atoms with van der Waals surface area (Å²) in [5.74, 6) is 0.949. The summed E-state index contributed by atoms with van der Waals surface area (Å²) in [6, 6.07) is 8.13.